The number of ether oxygens (including phenoxy) is 2. The highest BCUT2D eigenvalue weighted by Crippen LogP contribution is 2.27. The van der Waals surface area contributed by atoms with E-state index in [1.807, 2.05) is 44.2 Å². The molecule has 0 saturated carbocycles. The van der Waals surface area contributed by atoms with Crippen molar-refractivity contribution in [1.29, 1.82) is 0 Å². The summed E-state index contributed by atoms with van der Waals surface area (Å²) in [5.74, 6) is 1.56. The van der Waals surface area contributed by atoms with Crippen molar-refractivity contribution in [3.05, 3.63) is 52.0 Å². The molecule has 0 spiro atoms. The van der Waals surface area contributed by atoms with Gasteiger partial charge in [-0.3, -0.25) is 0 Å². The lowest BCUT2D eigenvalue weighted by Gasteiger charge is -2.13. The summed E-state index contributed by atoms with van der Waals surface area (Å²) >= 11 is 3.41. The Bertz CT molecular complexity index is 576. The summed E-state index contributed by atoms with van der Waals surface area (Å²) in [4.78, 5) is 0. The van der Waals surface area contributed by atoms with Gasteiger partial charge < -0.3 is 15.2 Å². The van der Waals surface area contributed by atoms with Crippen LogP contribution >= 0.6 is 15.9 Å². The van der Waals surface area contributed by atoms with E-state index in [4.69, 9.17) is 15.2 Å². The van der Waals surface area contributed by atoms with Crippen LogP contribution in [0.15, 0.2) is 40.9 Å². The fourth-order valence-electron chi connectivity index (χ4n) is 2.04. The van der Waals surface area contributed by atoms with Crippen molar-refractivity contribution in [1.82, 2.24) is 0 Å². The molecule has 0 heterocycles. The molecule has 3 nitrogen and oxygen atoms in total. The smallest absolute Gasteiger partial charge is 0.145 e. The number of halogens is 1. The fraction of sp³-hybridized carbons (Fsp3) is 0.250. The summed E-state index contributed by atoms with van der Waals surface area (Å²) in [5.41, 5.74) is 8.82. The highest BCUT2D eigenvalue weighted by atomic mass is 79.9. The van der Waals surface area contributed by atoms with E-state index in [9.17, 15) is 0 Å². The van der Waals surface area contributed by atoms with E-state index in [1.165, 1.54) is 0 Å². The largest absolute Gasteiger partial charge is 0.490 e. The van der Waals surface area contributed by atoms with Gasteiger partial charge in [-0.25, -0.2) is 0 Å². The molecule has 2 aromatic carbocycles. The van der Waals surface area contributed by atoms with Gasteiger partial charge in [0.1, 0.15) is 24.7 Å². The number of nitrogens with two attached hydrogens (primary N) is 1. The SMILES string of the molecule is Cc1cc(C)c(OCCOc2cccc(Br)c2)c(N)c1. The van der Waals surface area contributed by atoms with E-state index < -0.39 is 0 Å². The van der Waals surface area contributed by atoms with E-state index in [0.717, 1.165) is 27.1 Å². The van der Waals surface area contributed by atoms with Crippen LogP contribution in [0.4, 0.5) is 5.69 Å². The zero-order chi connectivity index (χ0) is 14.5. The van der Waals surface area contributed by atoms with Crippen molar-refractivity contribution in [3.8, 4) is 11.5 Å². The lowest BCUT2D eigenvalue weighted by atomic mass is 10.1. The van der Waals surface area contributed by atoms with Crippen molar-refractivity contribution in [2.75, 3.05) is 18.9 Å². The van der Waals surface area contributed by atoms with E-state index in [0.29, 0.717) is 18.9 Å². The van der Waals surface area contributed by atoms with Gasteiger partial charge >= 0.3 is 0 Å². The Kier molecular flexibility index (Phi) is 4.90. The highest BCUT2D eigenvalue weighted by Gasteiger charge is 2.05. The standard InChI is InChI=1S/C16H18BrNO2/c1-11-8-12(2)16(15(18)9-11)20-7-6-19-14-5-3-4-13(17)10-14/h3-5,8-10H,6-7,18H2,1-2H3. The molecule has 0 aliphatic carbocycles. The van der Waals surface area contributed by atoms with Gasteiger partial charge in [0.05, 0.1) is 5.69 Å². The molecule has 2 N–H and O–H groups in total. The molecule has 106 valence electrons. The molecule has 0 amide bonds. The number of anilines is 1. The van der Waals surface area contributed by atoms with Crippen LogP contribution in [0.2, 0.25) is 0 Å². The van der Waals surface area contributed by atoms with E-state index in [-0.39, 0.29) is 0 Å². The summed E-state index contributed by atoms with van der Waals surface area (Å²) in [6, 6.07) is 11.7. The number of benzene rings is 2. The maximum Gasteiger partial charge on any atom is 0.145 e. The van der Waals surface area contributed by atoms with Crippen LogP contribution in [0.3, 0.4) is 0 Å². The molecule has 2 aromatic rings. The van der Waals surface area contributed by atoms with Gasteiger partial charge in [0.2, 0.25) is 0 Å². The lowest BCUT2D eigenvalue weighted by Crippen LogP contribution is -2.10. The third-order valence-corrected chi connectivity index (χ3v) is 3.34. The first kappa shape index (κ1) is 14.7. The number of hydrogen-bond donors (Lipinski definition) is 1. The van der Waals surface area contributed by atoms with Gasteiger partial charge in [-0.1, -0.05) is 28.1 Å². The molecular weight excluding hydrogens is 318 g/mol. The number of rotatable bonds is 5. The summed E-state index contributed by atoms with van der Waals surface area (Å²) < 4.78 is 12.3. The molecule has 0 atom stereocenters. The van der Waals surface area contributed by atoms with Crippen LogP contribution in [-0.2, 0) is 0 Å². The first-order valence-electron chi connectivity index (χ1n) is 6.44. The molecule has 0 saturated heterocycles. The molecule has 0 aromatic heterocycles. The Morgan fingerprint density at radius 3 is 2.50 bits per heavy atom. The number of nitrogen functional groups attached to an aromatic ring is 1. The zero-order valence-corrected chi connectivity index (χ0v) is 13.2. The second kappa shape index (κ2) is 6.66. The van der Waals surface area contributed by atoms with Gasteiger partial charge in [0.25, 0.3) is 0 Å². The Hall–Kier alpha value is -1.68. The summed E-state index contributed by atoms with van der Waals surface area (Å²) in [7, 11) is 0. The molecule has 2 rings (SSSR count). The van der Waals surface area contributed by atoms with E-state index in [2.05, 4.69) is 22.0 Å². The van der Waals surface area contributed by atoms with Gasteiger partial charge in [-0.15, -0.1) is 0 Å². The number of hydrogen-bond acceptors (Lipinski definition) is 3. The summed E-state index contributed by atoms with van der Waals surface area (Å²) in [6.07, 6.45) is 0. The second-order valence-corrected chi connectivity index (χ2v) is 5.57. The first-order valence-corrected chi connectivity index (χ1v) is 7.23. The minimum Gasteiger partial charge on any atom is -0.490 e. The van der Waals surface area contributed by atoms with E-state index in [1.54, 1.807) is 0 Å². The predicted octanol–water partition coefficient (Wildman–Crippen LogP) is 4.11. The Morgan fingerprint density at radius 2 is 1.80 bits per heavy atom. The maximum atomic E-state index is 5.96. The zero-order valence-electron chi connectivity index (χ0n) is 11.7. The second-order valence-electron chi connectivity index (χ2n) is 4.65. The van der Waals surface area contributed by atoms with Gasteiger partial charge in [0, 0.05) is 4.47 Å². The van der Waals surface area contributed by atoms with Crippen LogP contribution in [0, 0.1) is 13.8 Å². The van der Waals surface area contributed by atoms with Crippen LogP contribution < -0.4 is 15.2 Å². The van der Waals surface area contributed by atoms with Crippen molar-refractivity contribution in [2.24, 2.45) is 0 Å². The highest BCUT2D eigenvalue weighted by molar-refractivity contribution is 9.10. The van der Waals surface area contributed by atoms with Crippen LogP contribution in [0.5, 0.6) is 11.5 Å². The van der Waals surface area contributed by atoms with Gasteiger partial charge in [-0.2, -0.15) is 0 Å². The number of aryl methyl sites for hydroxylation is 2. The molecule has 0 unspecified atom stereocenters. The molecule has 0 fully saturated rings. The van der Waals surface area contributed by atoms with Gasteiger partial charge in [-0.05, 0) is 49.2 Å². The van der Waals surface area contributed by atoms with Crippen molar-refractivity contribution < 1.29 is 9.47 Å². The molecule has 0 aliphatic heterocycles. The molecule has 0 aliphatic rings. The van der Waals surface area contributed by atoms with Crippen LogP contribution in [-0.4, -0.2) is 13.2 Å². The molecule has 4 heteroatoms. The first-order chi connectivity index (χ1) is 9.56. The van der Waals surface area contributed by atoms with Crippen LogP contribution in [0.25, 0.3) is 0 Å². The third kappa shape index (κ3) is 3.90. The maximum absolute atomic E-state index is 5.96. The van der Waals surface area contributed by atoms with Crippen molar-refractivity contribution in [3.63, 3.8) is 0 Å². The quantitative estimate of drug-likeness (QED) is 0.660. The molecule has 0 radical (unpaired) electrons. The average molecular weight is 336 g/mol. The average Bonchev–Trinajstić information content (AvgIpc) is 2.36. The van der Waals surface area contributed by atoms with Gasteiger partial charge in [0.15, 0.2) is 0 Å². The van der Waals surface area contributed by atoms with E-state index >= 15 is 0 Å². The minimum atomic E-state index is 0.459. The normalized spacial score (nSPS) is 10.3. The summed E-state index contributed by atoms with van der Waals surface area (Å²) in [5, 5.41) is 0. The molecule has 20 heavy (non-hydrogen) atoms. The molecule has 0 bridgehead atoms. The van der Waals surface area contributed by atoms with Crippen molar-refractivity contribution >= 4 is 21.6 Å². The Balaban J connectivity index is 1.88. The van der Waals surface area contributed by atoms with Crippen LogP contribution in [0.1, 0.15) is 11.1 Å². The fourth-order valence-corrected chi connectivity index (χ4v) is 2.42. The lowest BCUT2D eigenvalue weighted by molar-refractivity contribution is 0.217. The summed E-state index contributed by atoms with van der Waals surface area (Å²) in [6.45, 7) is 4.95. The Morgan fingerprint density at radius 1 is 1.05 bits per heavy atom. The Labute approximate surface area is 127 Å². The molecular formula is C16H18BrNO2. The third-order valence-electron chi connectivity index (χ3n) is 2.84. The topological polar surface area (TPSA) is 44.5 Å². The monoisotopic (exact) mass is 335 g/mol. The predicted molar refractivity (Wildman–Crippen MR) is 85.5 cm³/mol. The minimum absolute atomic E-state index is 0.459. The van der Waals surface area contributed by atoms with Crippen molar-refractivity contribution in [2.45, 2.75) is 13.8 Å².